The lowest BCUT2D eigenvalue weighted by molar-refractivity contribution is -0.256. The van der Waals surface area contributed by atoms with E-state index in [1.165, 1.54) is 24.3 Å². The van der Waals surface area contributed by atoms with Gasteiger partial charge in [0.1, 0.15) is 17.4 Å². The summed E-state index contributed by atoms with van der Waals surface area (Å²) in [6, 6.07) is 26.2. The first kappa shape index (κ1) is 24.5. The minimum Gasteiger partial charge on any atom is -0.423 e. The molecule has 5 rings (SSSR count). The average Bonchev–Trinajstić information content (AvgIpc) is 2.90. The van der Waals surface area contributed by atoms with Gasteiger partial charge in [0.2, 0.25) is 5.79 Å². The molecule has 0 N–H and O–H groups in total. The van der Waals surface area contributed by atoms with Crippen molar-refractivity contribution in [1.82, 2.24) is 0 Å². The van der Waals surface area contributed by atoms with Gasteiger partial charge in [-0.1, -0.05) is 36.4 Å². The molecular weight excluding hydrogens is 577 g/mol. The fourth-order valence-electron chi connectivity index (χ4n) is 4.12. The van der Waals surface area contributed by atoms with E-state index >= 15 is 0 Å². The van der Waals surface area contributed by atoms with E-state index in [0.29, 0.717) is 35.7 Å². The normalized spacial score (nSPS) is 15.4. The number of rotatable bonds is 5. The molecule has 7 heteroatoms. The monoisotopic (exact) mass is 598 g/mol. The van der Waals surface area contributed by atoms with E-state index in [1.807, 2.05) is 24.3 Å². The van der Waals surface area contributed by atoms with Crippen molar-refractivity contribution in [2.75, 3.05) is 13.2 Å². The van der Waals surface area contributed by atoms with Crippen molar-refractivity contribution in [3.05, 3.63) is 135 Å². The molecule has 4 aromatic rings. The highest BCUT2D eigenvalue weighted by Gasteiger charge is 2.41. The summed E-state index contributed by atoms with van der Waals surface area (Å²) < 4.78 is 46.3. The molecule has 0 aromatic heterocycles. The first-order valence-corrected chi connectivity index (χ1v) is 12.4. The number of hydrogen-bond acceptors (Lipinski definition) is 4. The number of hydrogen-bond donors (Lipinski definition) is 0. The van der Waals surface area contributed by atoms with E-state index < -0.39 is 11.8 Å². The Bertz CT molecular complexity index is 1280. The van der Waals surface area contributed by atoms with Crippen molar-refractivity contribution in [3.63, 3.8) is 0 Å². The second kappa shape index (κ2) is 10.5. The standard InChI is InChI=1S/C29H21F2IO4/c30-24-9-5-22(6-10-24)29(23-7-11-25(31)12-8-23)34-17-21(18-35-29)19-3-15-27(16-4-19)36-28(33)20-1-13-26(32)14-2-20/h1-16,21H,17-18H2. The Kier molecular flexibility index (Phi) is 7.13. The zero-order valence-corrected chi connectivity index (χ0v) is 21.2. The predicted octanol–water partition coefficient (Wildman–Crippen LogP) is 6.82. The second-order valence-electron chi connectivity index (χ2n) is 8.41. The number of halogens is 3. The average molecular weight is 598 g/mol. The van der Waals surface area contributed by atoms with Gasteiger partial charge in [-0.25, -0.2) is 13.6 Å². The molecule has 1 aliphatic rings. The van der Waals surface area contributed by atoms with Crippen LogP contribution in [0.3, 0.4) is 0 Å². The third-order valence-corrected chi connectivity index (χ3v) is 6.79. The van der Waals surface area contributed by atoms with Crippen LogP contribution in [0.15, 0.2) is 97.1 Å². The molecule has 0 atom stereocenters. The SMILES string of the molecule is O=C(Oc1ccc(C2COC(c3ccc(F)cc3)(c3ccc(F)cc3)OC2)cc1)c1ccc(I)cc1. The summed E-state index contributed by atoms with van der Waals surface area (Å²) in [6.45, 7) is 0.632. The fourth-order valence-corrected chi connectivity index (χ4v) is 4.48. The van der Waals surface area contributed by atoms with Gasteiger partial charge in [0.05, 0.1) is 18.8 Å². The molecule has 0 aliphatic carbocycles. The lowest BCUT2D eigenvalue weighted by atomic mass is 9.93. The topological polar surface area (TPSA) is 44.8 Å². The second-order valence-corrected chi connectivity index (χ2v) is 9.66. The zero-order chi connectivity index (χ0) is 25.1. The number of ether oxygens (including phenoxy) is 3. The highest BCUT2D eigenvalue weighted by atomic mass is 127. The first-order valence-electron chi connectivity index (χ1n) is 11.3. The zero-order valence-electron chi connectivity index (χ0n) is 19.0. The van der Waals surface area contributed by atoms with Crippen LogP contribution in [-0.4, -0.2) is 19.2 Å². The maximum atomic E-state index is 13.6. The molecule has 1 aliphatic heterocycles. The molecule has 4 aromatic carbocycles. The minimum absolute atomic E-state index is 0.0834. The molecule has 0 radical (unpaired) electrons. The van der Waals surface area contributed by atoms with Crippen LogP contribution in [0.4, 0.5) is 8.78 Å². The maximum absolute atomic E-state index is 13.6. The summed E-state index contributed by atoms with van der Waals surface area (Å²) in [5, 5.41) is 0. The molecule has 182 valence electrons. The molecule has 0 unspecified atom stereocenters. The van der Waals surface area contributed by atoms with Crippen molar-refractivity contribution in [2.24, 2.45) is 0 Å². The van der Waals surface area contributed by atoms with E-state index in [9.17, 15) is 13.6 Å². The molecule has 0 bridgehead atoms. The minimum atomic E-state index is -1.28. The molecule has 0 amide bonds. The smallest absolute Gasteiger partial charge is 0.343 e. The van der Waals surface area contributed by atoms with Crippen LogP contribution < -0.4 is 4.74 Å². The largest absolute Gasteiger partial charge is 0.423 e. The Balaban J connectivity index is 1.31. The molecular formula is C29H21F2IO4. The van der Waals surface area contributed by atoms with Gasteiger partial charge in [0.25, 0.3) is 0 Å². The van der Waals surface area contributed by atoms with Gasteiger partial charge in [0.15, 0.2) is 0 Å². The van der Waals surface area contributed by atoms with Crippen molar-refractivity contribution < 1.29 is 27.8 Å². The Morgan fingerprint density at radius 2 is 1.25 bits per heavy atom. The van der Waals surface area contributed by atoms with Crippen LogP contribution in [0, 0.1) is 15.2 Å². The van der Waals surface area contributed by atoms with Crippen molar-refractivity contribution >= 4 is 28.6 Å². The number of benzene rings is 4. The Hall–Kier alpha value is -3.14. The van der Waals surface area contributed by atoms with Gasteiger partial charge in [-0.15, -0.1) is 0 Å². The fraction of sp³-hybridized carbons (Fsp3) is 0.138. The van der Waals surface area contributed by atoms with Gasteiger partial charge in [-0.05, 0) is 88.8 Å². The summed E-state index contributed by atoms with van der Waals surface area (Å²) in [4.78, 5) is 12.4. The lowest BCUT2D eigenvalue weighted by Gasteiger charge is -2.41. The quantitative estimate of drug-likeness (QED) is 0.144. The lowest BCUT2D eigenvalue weighted by Crippen LogP contribution is -2.42. The molecule has 1 fully saturated rings. The van der Waals surface area contributed by atoms with Gasteiger partial charge in [-0.2, -0.15) is 0 Å². The van der Waals surface area contributed by atoms with E-state index in [1.54, 1.807) is 48.5 Å². The number of carbonyl (C=O) groups excluding carboxylic acids is 1. The van der Waals surface area contributed by atoms with E-state index in [2.05, 4.69) is 22.6 Å². The van der Waals surface area contributed by atoms with Gasteiger partial charge < -0.3 is 14.2 Å². The molecule has 0 spiro atoms. The van der Waals surface area contributed by atoms with Gasteiger partial charge >= 0.3 is 5.97 Å². The summed E-state index contributed by atoms with van der Waals surface area (Å²) in [5.41, 5.74) is 2.67. The Morgan fingerprint density at radius 3 is 1.75 bits per heavy atom. The van der Waals surface area contributed by atoms with Crippen LogP contribution in [0.2, 0.25) is 0 Å². The summed E-state index contributed by atoms with van der Waals surface area (Å²) in [6.07, 6.45) is 0. The molecule has 36 heavy (non-hydrogen) atoms. The van der Waals surface area contributed by atoms with Gasteiger partial charge in [-0.3, -0.25) is 0 Å². The van der Waals surface area contributed by atoms with E-state index in [-0.39, 0.29) is 17.6 Å². The van der Waals surface area contributed by atoms with E-state index in [4.69, 9.17) is 14.2 Å². The third-order valence-electron chi connectivity index (χ3n) is 6.07. The van der Waals surface area contributed by atoms with Gasteiger partial charge in [0, 0.05) is 20.6 Å². The van der Waals surface area contributed by atoms with Crippen molar-refractivity contribution in [2.45, 2.75) is 11.7 Å². The van der Waals surface area contributed by atoms with Crippen molar-refractivity contribution in [1.29, 1.82) is 0 Å². The van der Waals surface area contributed by atoms with Crippen LogP contribution in [0.5, 0.6) is 5.75 Å². The van der Waals surface area contributed by atoms with Crippen LogP contribution in [0.25, 0.3) is 0 Å². The first-order chi connectivity index (χ1) is 17.4. The third kappa shape index (κ3) is 5.18. The molecule has 4 nitrogen and oxygen atoms in total. The van der Waals surface area contributed by atoms with Crippen LogP contribution >= 0.6 is 22.6 Å². The molecule has 0 saturated carbocycles. The van der Waals surface area contributed by atoms with E-state index in [0.717, 1.165) is 9.13 Å². The molecule has 1 heterocycles. The number of carbonyl (C=O) groups is 1. The highest BCUT2D eigenvalue weighted by Crippen LogP contribution is 2.41. The Morgan fingerprint density at radius 1 is 0.750 bits per heavy atom. The summed E-state index contributed by atoms with van der Waals surface area (Å²) in [7, 11) is 0. The van der Waals surface area contributed by atoms with Crippen LogP contribution in [0.1, 0.15) is 33.0 Å². The summed E-state index contributed by atoms with van der Waals surface area (Å²) in [5.74, 6) is -2.09. The molecule has 1 saturated heterocycles. The van der Waals surface area contributed by atoms with Crippen LogP contribution in [-0.2, 0) is 15.3 Å². The number of esters is 1. The highest BCUT2D eigenvalue weighted by molar-refractivity contribution is 14.1. The predicted molar refractivity (Wildman–Crippen MR) is 139 cm³/mol. The summed E-state index contributed by atoms with van der Waals surface area (Å²) >= 11 is 2.18. The van der Waals surface area contributed by atoms with Crippen molar-refractivity contribution in [3.8, 4) is 5.75 Å². The maximum Gasteiger partial charge on any atom is 0.343 e. The Labute approximate surface area is 221 Å².